The zero-order valence-electron chi connectivity index (χ0n) is 24.2. The average Bonchev–Trinajstić information content (AvgIpc) is 2.96. The number of unbranched alkanes of at least 4 members (excludes halogenated alkanes) is 5. The molecule has 0 aromatic heterocycles. The number of benzene rings is 2. The predicted molar refractivity (Wildman–Crippen MR) is 161 cm³/mol. The zero-order chi connectivity index (χ0) is 28.2. The second-order valence-electron chi connectivity index (χ2n) is 11.0. The zero-order valence-corrected chi connectivity index (χ0v) is 24.2. The van der Waals surface area contributed by atoms with E-state index in [0.717, 1.165) is 68.8 Å². The lowest BCUT2D eigenvalue weighted by molar-refractivity contribution is -0.145. The summed E-state index contributed by atoms with van der Waals surface area (Å²) < 4.78 is 5.47. The summed E-state index contributed by atoms with van der Waals surface area (Å²) in [6.45, 7) is 8.41. The smallest absolute Gasteiger partial charge is 0.320 e. The quantitative estimate of drug-likeness (QED) is 0.221. The summed E-state index contributed by atoms with van der Waals surface area (Å²) in [5.41, 5.74) is 4.73. The Kier molecular flexibility index (Phi) is 11.5. The van der Waals surface area contributed by atoms with Crippen LogP contribution in [0.4, 0.5) is 5.69 Å². The van der Waals surface area contributed by atoms with Crippen molar-refractivity contribution < 1.29 is 14.3 Å². The molecule has 1 amide bonds. The Hall–Kier alpha value is -3.23. The molecule has 0 aliphatic carbocycles. The van der Waals surface area contributed by atoms with Crippen molar-refractivity contribution in [2.45, 2.75) is 58.4 Å². The van der Waals surface area contributed by atoms with Crippen molar-refractivity contribution >= 4 is 23.8 Å². The van der Waals surface area contributed by atoms with Crippen LogP contribution in [0.2, 0.25) is 0 Å². The number of hydrazone groups is 1. The molecule has 2 heterocycles. The van der Waals surface area contributed by atoms with Crippen LogP contribution in [0.1, 0.15) is 72.5 Å². The number of hydrogen-bond donors (Lipinski definition) is 1. The number of fused-ring (bicyclic) bond motifs is 1. The van der Waals surface area contributed by atoms with Crippen LogP contribution >= 0.6 is 0 Å². The minimum atomic E-state index is -0.154. The van der Waals surface area contributed by atoms with Crippen molar-refractivity contribution in [2.24, 2.45) is 5.10 Å². The van der Waals surface area contributed by atoms with E-state index >= 15 is 0 Å². The van der Waals surface area contributed by atoms with Gasteiger partial charge in [0, 0.05) is 50.5 Å². The highest BCUT2D eigenvalue weighted by molar-refractivity contribution is 6.04. The summed E-state index contributed by atoms with van der Waals surface area (Å²) in [6, 6.07) is 13.6. The SMILES string of the molecule is CCCCCCCCOC(=O)CN1CCc2ccc(NC(=O)c3ccc(C=NN4CCN(C)CC4)cc3)cc2C1. The van der Waals surface area contributed by atoms with Crippen molar-refractivity contribution in [1.29, 1.82) is 0 Å². The van der Waals surface area contributed by atoms with E-state index < -0.39 is 0 Å². The third-order valence-corrected chi connectivity index (χ3v) is 7.69. The van der Waals surface area contributed by atoms with Gasteiger partial charge in [-0.15, -0.1) is 0 Å². The first-order valence-corrected chi connectivity index (χ1v) is 14.9. The maximum absolute atomic E-state index is 12.9. The fraction of sp³-hybridized carbons (Fsp3) is 0.531. The molecule has 2 aliphatic heterocycles. The lowest BCUT2D eigenvalue weighted by atomic mass is 9.99. The molecule has 40 heavy (non-hydrogen) atoms. The molecular formula is C32H45N5O3. The van der Waals surface area contributed by atoms with Crippen molar-refractivity contribution in [3.63, 3.8) is 0 Å². The molecule has 216 valence electrons. The highest BCUT2D eigenvalue weighted by Gasteiger charge is 2.20. The van der Waals surface area contributed by atoms with Crippen LogP contribution in [0, 0.1) is 0 Å². The molecule has 1 N–H and O–H groups in total. The highest BCUT2D eigenvalue weighted by atomic mass is 16.5. The first-order chi connectivity index (χ1) is 19.5. The summed E-state index contributed by atoms with van der Waals surface area (Å²) in [5.74, 6) is -0.299. The van der Waals surface area contributed by atoms with Gasteiger partial charge in [-0.25, -0.2) is 0 Å². The highest BCUT2D eigenvalue weighted by Crippen LogP contribution is 2.23. The minimum absolute atomic E-state index is 0.145. The second-order valence-corrected chi connectivity index (χ2v) is 11.0. The molecular weight excluding hydrogens is 502 g/mol. The molecule has 4 rings (SSSR count). The first-order valence-electron chi connectivity index (χ1n) is 14.9. The van der Waals surface area contributed by atoms with Crippen LogP contribution in [0.3, 0.4) is 0 Å². The number of piperazine rings is 1. The predicted octanol–water partition coefficient (Wildman–Crippen LogP) is 4.78. The van der Waals surface area contributed by atoms with E-state index in [1.165, 1.54) is 31.2 Å². The average molecular weight is 548 g/mol. The molecule has 0 unspecified atom stereocenters. The number of nitrogens with zero attached hydrogens (tertiary/aromatic N) is 4. The standard InChI is InChI=1S/C32H45N5O3/c1-3-4-5-6-7-8-21-40-31(38)25-36-16-15-27-13-14-30(22-29(27)24-36)34-32(39)28-11-9-26(10-12-28)23-33-37-19-17-35(2)18-20-37/h9-14,22-23H,3-8,15-21,24-25H2,1-2H3,(H,34,39). The van der Waals surface area contributed by atoms with Gasteiger partial charge in [0.05, 0.1) is 19.4 Å². The van der Waals surface area contributed by atoms with Gasteiger partial charge in [-0.05, 0) is 60.8 Å². The third-order valence-electron chi connectivity index (χ3n) is 7.69. The van der Waals surface area contributed by atoms with Crippen LogP contribution in [-0.2, 0) is 22.5 Å². The van der Waals surface area contributed by atoms with E-state index in [0.29, 0.717) is 25.3 Å². The molecule has 8 heteroatoms. The maximum Gasteiger partial charge on any atom is 0.320 e. The minimum Gasteiger partial charge on any atom is -0.465 e. The maximum atomic E-state index is 12.9. The van der Waals surface area contributed by atoms with Crippen molar-refractivity contribution in [3.05, 3.63) is 64.7 Å². The Morgan fingerprint density at radius 1 is 0.925 bits per heavy atom. The van der Waals surface area contributed by atoms with Gasteiger partial charge >= 0.3 is 5.97 Å². The van der Waals surface area contributed by atoms with Gasteiger partial charge in [-0.2, -0.15) is 5.10 Å². The van der Waals surface area contributed by atoms with Crippen LogP contribution in [0.5, 0.6) is 0 Å². The molecule has 2 aliphatic rings. The van der Waals surface area contributed by atoms with Crippen LogP contribution < -0.4 is 5.32 Å². The topological polar surface area (TPSA) is 77.5 Å². The number of hydrogen-bond acceptors (Lipinski definition) is 7. The molecule has 0 spiro atoms. The van der Waals surface area contributed by atoms with Crippen LogP contribution in [-0.4, -0.2) is 85.8 Å². The number of esters is 1. The number of nitrogens with one attached hydrogen (secondary N) is 1. The number of rotatable bonds is 13. The monoisotopic (exact) mass is 547 g/mol. The summed E-state index contributed by atoms with van der Waals surface area (Å²) in [4.78, 5) is 29.7. The Bertz CT molecular complexity index is 1130. The summed E-state index contributed by atoms with van der Waals surface area (Å²) in [6.07, 6.45) is 9.79. The normalized spacial score (nSPS) is 16.2. The lowest BCUT2D eigenvalue weighted by Crippen LogP contribution is -2.41. The number of ether oxygens (including phenoxy) is 1. The largest absolute Gasteiger partial charge is 0.465 e. The number of amides is 1. The van der Waals surface area contributed by atoms with Gasteiger partial charge in [-0.1, -0.05) is 57.2 Å². The van der Waals surface area contributed by atoms with E-state index in [1.807, 2.05) is 42.6 Å². The fourth-order valence-corrected chi connectivity index (χ4v) is 5.11. The number of carbonyl (C=O) groups is 2. The van der Waals surface area contributed by atoms with Crippen molar-refractivity contribution in [1.82, 2.24) is 14.8 Å². The van der Waals surface area contributed by atoms with Crippen molar-refractivity contribution in [3.8, 4) is 0 Å². The van der Waals surface area contributed by atoms with E-state index in [1.54, 1.807) is 0 Å². The van der Waals surface area contributed by atoms with Gasteiger partial charge in [0.15, 0.2) is 0 Å². The molecule has 0 bridgehead atoms. The molecule has 2 aromatic carbocycles. The number of likely N-dealkylation sites (N-methyl/N-ethyl adjacent to an activating group) is 1. The first kappa shape index (κ1) is 29.7. The third kappa shape index (κ3) is 9.45. The molecule has 0 saturated carbocycles. The molecule has 0 radical (unpaired) electrons. The van der Waals surface area contributed by atoms with Gasteiger partial charge in [0.2, 0.25) is 0 Å². The van der Waals surface area contributed by atoms with Crippen molar-refractivity contribution in [2.75, 3.05) is 58.2 Å². The Labute approximate surface area is 239 Å². The molecule has 0 atom stereocenters. The van der Waals surface area contributed by atoms with E-state index in [2.05, 4.69) is 45.3 Å². The second kappa shape index (κ2) is 15.5. The molecule has 8 nitrogen and oxygen atoms in total. The summed E-state index contributed by atoms with van der Waals surface area (Å²) >= 11 is 0. The lowest BCUT2D eigenvalue weighted by Gasteiger charge is -2.30. The molecule has 1 fully saturated rings. The van der Waals surface area contributed by atoms with E-state index in [4.69, 9.17) is 4.74 Å². The fourth-order valence-electron chi connectivity index (χ4n) is 5.11. The van der Waals surface area contributed by atoms with Crippen LogP contribution in [0.25, 0.3) is 0 Å². The Morgan fingerprint density at radius 3 is 2.45 bits per heavy atom. The number of carbonyl (C=O) groups excluding carboxylic acids is 2. The Balaban J connectivity index is 1.22. The van der Waals surface area contributed by atoms with Gasteiger partial charge < -0.3 is 15.0 Å². The van der Waals surface area contributed by atoms with Gasteiger partial charge in [0.1, 0.15) is 0 Å². The number of anilines is 1. The molecule has 2 aromatic rings. The summed E-state index contributed by atoms with van der Waals surface area (Å²) in [5, 5.41) is 9.68. The van der Waals surface area contributed by atoms with Gasteiger partial charge in [0.25, 0.3) is 5.91 Å². The molecule has 1 saturated heterocycles. The van der Waals surface area contributed by atoms with Crippen LogP contribution in [0.15, 0.2) is 47.6 Å². The summed E-state index contributed by atoms with van der Waals surface area (Å²) in [7, 11) is 2.13. The van der Waals surface area contributed by atoms with E-state index in [9.17, 15) is 9.59 Å². The Morgan fingerprint density at radius 2 is 1.68 bits per heavy atom. The van der Waals surface area contributed by atoms with Gasteiger partial charge in [-0.3, -0.25) is 19.5 Å². The van der Waals surface area contributed by atoms with E-state index in [-0.39, 0.29) is 11.9 Å².